The van der Waals surface area contributed by atoms with Crippen LogP contribution in [-0.4, -0.2) is 10.9 Å². The highest BCUT2D eigenvalue weighted by Crippen LogP contribution is 2.26. The summed E-state index contributed by atoms with van der Waals surface area (Å²) in [5.74, 6) is 0.557. The normalized spacial score (nSPS) is 10.6. The molecule has 26 heavy (non-hydrogen) atoms. The predicted molar refractivity (Wildman–Crippen MR) is 106 cm³/mol. The molecule has 0 aliphatic heterocycles. The van der Waals surface area contributed by atoms with Gasteiger partial charge in [0, 0.05) is 11.1 Å². The van der Waals surface area contributed by atoms with Crippen LogP contribution in [0, 0.1) is 13.8 Å². The van der Waals surface area contributed by atoms with E-state index in [9.17, 15) is 4.79 Å². The van der Waals surface area contributed by atoms with E-state index in [0.29, 0.717) is 17.4 Å². The van der Waals surface area contributed by atoms with E-state index in [1.807, 2.05) is 61.7 Å². The predicted octanol–water partition coefficient (Wildman–Crippen LogP) is 5.17. The molecule has 1 N–H and O–H groups in total. The second-order valence-electron chi connectivity index (χ2n) is 6.00. The number of ether oxygens (including phenoxy) is 1. The summed E-state index contributed by atoms with van der Waals surface area (Å²) in [5, 5.41) is 6.15. The molecule has 6 heteroatoms. The van der Waals surface area contributed by atoms with Gasteiger partial charge < -0.3 is 10.1 Å². The SMILES string of the molecule is Cc1ccc(Cl)c(OCc2csc(CC(=O)Nc3ccccc3C)n2)c1. The molecule has 0 fully saturated rings. The van der Waals surface area contributed by atoms with Crippen LogP contribution in [0.4, 0.5) is 5.69 Å². The number of anilines is 1. The fourth-order valence-corrected chi connectivity index (χ4v) is 3.36. The van der Waals surface area contributed by atoms with Crippen molar-refractivity contribution in [1.29, 1.82) is 0 Å². The first kappa shape index (κ1) is 18.4. The quantitative estimate of drug-likeness (QED) is 0.635. The lowest BCUT2D eigenvalue weighted by molar-refractivity contribution is -0.115. The van der Waals surface area contributed by atoms with Crippen LogP contribution in [0.3, 0.4) is 0 Å². The molecule has 0 aliphatic rings. The molecule has 0 spiro atoms. The van der Waals surface area contributed by atoms with Crippen molar-refractivity contribution in [1.82, 2.24) is 4.98 Å². The number of amides is 1. The van der Waals surface area contributed by atoms with Gasteiger partial charge in [-0.05, 0) is 43.2 Å². The van der Waals surface area contributed by atoms with Crippen molar-refractivity contribution in [3.05, 3.63) is 74.7 Å². The van der Waals surface area contributed by atoms with Gasteiger partial charge in [0.25, 0.3) is 0 Å². The lowest BCUT2D eigenvalue weighted by atomic mass is 10.2. The topological polar surface area (TPSA) is 51.2 Å². The summed E-state index contributed by atoms with van der Waals surface area (Å²) < 4.78 is 5.75. The van der Waals surface area contributed by atoms with Gasteiger partial charge in [-0.25, -0.2) is 4.98 Å². The number of thiazole rings is 1. The molecular weight excluding hydrogens is 368 g/mol. The van der Waals surface area contributed by atoms with Crippen LogP contribution in [-0.2, 0) is 17.8 Å². The van der Waals surface area contributed by atoms with E-state index >= 15 is 0 Å². The number of carbonyl (C=O) groups is 1. The summed E-state index contributed by atoms with van der Waals surface area (Å²) in [5.41, 5.74) is 3.72. The third-order valence-corrected chi connectivity index (χ3v) is 5.00. The smallest absolute Gasteiger partial charge is 0.231 e. The van der Waals surface area contributed by atoms with Gasteiger partial charge >= 0.3 is 0 Å². The largest absolute Gasteiger partial charge is 0.486 e. The van der Waals surface area contributed by atoms with Gasteiger partial charge in [0.05, 0.1) is 17.1 Å². The summed E-state index contributed by atoms with van der Waals surface area (Å²) in [6.45, 7) is 4.27. The molecule has 0 atom stereocenters. The van der Waals surface area contributed by atoms with Crippen molar-refractivity contribution in [3.8, 4) is 5.75 Å². The summed E-state index contributed by atoms with van der Waals surface area (Å²) in [6.07, 6.45) is 0.240. The third-order valence-electron chi connectivity index (χ3n) is 3.79. The average Bonchev–Trinajstić information content (AvgIpc) is 3.05. The zero-order valence-electron chi connectivity index (χ0n) is 14.6. The van der Waals surface area contributed by atoms with Crippen molar-refractivity contribution in [3.63, 3.8) is 0 Å². The van der Waals surface area contributed by atoms with Crippen LogP contribution < -0.4 is 10.1 Å². The maximum absolute atomic E-state index is 12.2. The van der Waals surface area contributed by atoms with E-state index in [0.717, 1.165) is 27.5 Å². The molecule has 0 bridgehead atoms. The first-order valence-corrected chi connectivity index (χ1v) is 9.45. The fraction of sp³-hybridized carbons (Fsp3) is 0.200. The van der Waals surface area contributed by atoms with Crippen LogP contribution in [0.15, 0.2) is 47.8 Å². The number of carbonyl (C=O) groups excluding carboxylic acids is 1. The van der Waals surface area contributed by atoms with E-state index in [1.54, 1.807) is 0 Å². The lowest BCUT2D eigenvalue weighted by Crippen LogP contribution is -2.15. The highest BCUT2D eigenvalue weighted by molar-refractivity contribution is 7.09. The van der Waals surface area contributed by atoms with E-state index in [2.05, 4.69) is 10.3 Å². The fourth-order valence-electron chi connectivity index (χ4n) is 2.41. The second kappa shape index (κ2) is 8.34. The molecule has 2 aromatic carbocycles. The molecule has 1 heterocycles. The number of nitrogens with zero attached hydrogens (tertiary/aromatic N) is 1. The zero-order valence-corrected chi connectivity index (χ0v) is 16.2. The number of aromatic nitrogens is 1. The number of hydrogen-bond donors (Lipinski definition) is 1. The monoisotopic (exact) mass is 386 g/mol. The number of aryl methyl sites for hydroxylation is 2. The number of nitrogens with one attached hydrogen (secondary N) is 1. The summed E-state index contributed by atoms with van der Waals surface area (Å²) in [7, 11) is 0. The van der Waals surface area contributed by atoms with E-state index in [1.165, 1.54) is 11.3 Å². The molecule has 0 aliphatic carbocycles. The Bertz CT molecular complexity index is 924. The molecule has 1 aromatic heterocycles. The van der Waals surface area contributed by atoms with Gasteiger partial charge in [0.2, 0.25) is 5.91 Å². The molecule has 3 aromatic rings. The van der Waals surface area contributed by atoms with Crippen LogP contribution in [0.5, 0.6) is 5.75 Å². The molecule has 134 valence electrons. The van der Waals surface area contributed by atoms with Crippen molar-refractivity contribution in [2.45, 2.75) is 26.9 Å². The minimum Gasteiger partial charge on any atom is -0.486 e. The summed E-state index contributed by atoms with van der Waals surface area (Å²) in [6, 6.07) is 13.3. The molecule has 0 saturated carbocycles. The molecule has 0 unspecified atom stereocenters. The minimum atomic E-state index is -0.0807. The Morgan fingerprint density at radius 3 is 2.85 bits per heavy atom. The molecule has 4 nitrogen and oxygen atoms in total. The van der Waals surface area contributed by atoms with Gasteiger partial charge in [-0.15, -0.1) is 11.3 Å². The maximum atomic E-state index is 12.2. The van der Waals surface area contributed by atoms with Crippen molar-refractivity contribution < 1.29 is 9.53 Å². The van der Waals surface area contributed by atoms with E-state index in [4.69, 9.17) is 16.3 Å². The number of halogens is 1. The molecule has 0 radical (unpaired) electrons. The number of rotatable bonds is 6. The van der Waals surface area contributed by atoms with Gasteiger partial charge in [0.1, 0.15) is 17.4 Å². The Kier molecular flexibility index (Phi) is 5.91. The summed E-state index contributed by atoms with van der Waals surface area (Å²) >= 11 is 7.58. The first-order chi connectivity index (χ1) is 12.5. The van der Waals surface area contributed by atoms with Gasteiger partial charge in [-0.2, -0.15) is 0 Å². The molecule has 1 amide bonds. The highest BCUT2D eigenvalue weighted by atomic mass is 35.5. The van der Waals surface area contributed by atoms with Crippen molar-refractivity contribution in [2.75, 3.05) is 5.32 Å². The zero-order chi connectivity index (χ0) is 18.5. The maximum Gasteiger partial charge on any atom is 0.231 e. The highest BCUT2D eigenvalue weighted by Gasteiger charge is 2.10. The van der Waals surface area contributed by atoms with E-state index < -0.39 is 0 Å². The number of hydrogen-bond acceptors (Lipinski definition) is 4. The van der Waals surface area contributed by atoms with Crippen LogP contribution in [0.25, 0.3) is 0 Å². The Morgan fingerprint density at radius 1 is 1.23 bits per heavy atom. The van der Waals surface area contributed by atoms with E-state index in [-0.39, 0.29) is 12.3 Å². The Labute approximate surface area is 161 Å². The van der Waals surface area contributed by atoms with Crippen LogP contribution >= 0.6 is 22.9 Å². The van der Waals surface area contributed by atoms with Crippen molar-refractivity contribution in [2.24, 2.45) is 0 Å². The Morgan fingerprint density at radius 2 is 2.04 bits per heavy atom. The second-order valence-corrected chi connectivity index (χ2v) is 7.34. The van der Waals surface area contributed by atoms with Gasteiger partial charge in [-0.3, -0.25) is 4.79 Å². The van der Waals surface area contributed by atoms with Gasteiger partial charge in [0.15, 0.2) is 0 Å². The first-order valence-electron chi connectivity index (χ1n) is 8.19. The van der Waals surface area contributed by atoms with Crippen molar-refractivity contribution >= 4 is 34.5 Å². The number of para-hydroxylation sites is 1. The van der Waals surface area contributed by atoms with Gasteiger partial charge in [-0.1, -0.05) is 35.9 Å². The number of benzene rings is 2. The Balaban J connectivity index is 1.57. The minimum absolute atomic E-state index is 0.0807. The third kappa shape index (κ3) is 4.84. The van der Waals surface area contributed by atoms with Crippen LogP contribution in [0.2, 0.25) is 5.02 Å². The Hall–Kier alpha value is -2.37. The average molecular weight is 387 g/mol. The summed E-state index contributed by atoms with van der Waals surface area (Å²) in [4.78, 5) is 16.7. The molecular formula is C20H19ClN2O2S. The molecule has 0 saturated heterocycles. The van der Waals surface area contributed by atoms with Crippen LogP contribution in [0.1, 0.15) is 21.8 Å². The lowest BCUT2D eigenvalue weighted by Gasteiger charge is -2.07. The standard InChI is InChI=1S/C20H19ClN2O2S/c1-13-7-8-16(21)18(9-13)25-11-15-12-26-20(22-15)10-19(24)23-17-6-4-3-5-14(17)2/h3-9,12H,10-11H2,1-2H3,(H,23,24). The molecule has 3 rings (SSSR count).